The summed E-state index contributed by atoms with van der Waals surface area (Å²) in [6.07, 6.45) is 2.09. The smallest absolute Gasteiger partial charge is 0.311 e. The monoisotopic (exact) mass is 214 g/mol. The number of hydrogen-bond donors (Lipinski definition) is 0. The predicted octanol–water partition coefficient (Wildman–Crippen LogP) is 3.79. The van der Waals surface area contributed by atoms with Crippen molar-refractivity contribution in [3.05, 3.63) is 0 Å². The molecule has 90 valence electrons. The maximum absolute atomic E-state index is 11.8. The zero-order valence-corrected chi connectivity index (χ0v) is 11.3. The van der Waals surface area contributed by atoms with Crippen LogP contribution in [0.5, 0.6) is 0 Å². The highest BCUT2D eigenvalue weighted by Gasteiger charge is 2.34. The molecule has 0 aliphatic heterocycles. The molecule has 15 heavy (non-hydrogen) atoms. The van der Waals surface area contributed by atoms with E-state index in [0.717, 1.165) is 12.8 Å². The fourth-order valence-electron chi connectivity index (χ4n) is 1.75. The van der Waals surface area contributed by atoms with Crippen molar-refractivity contribution < 1.29 is 9.53 Å². The normalized spacial score (nSPS) is 13.1. The van der Waals surface area contributed by atoms with Crippen LogP contribution in [-0.2, 0) is 9.53 Å². The first-order chi connectivity index (χ1) is 6.65. The van der Waals surface area contributed by atoms with Crippen molar-refractivity contribution in [1.29, 1.82) is 0 Å². The van der Waals surface area contributed by atoms with Crippen molar-refractivity contribution in [2.45, 2.75) is 66.9 Å². The highest BCUT2D eigenvalue weighted by molar-refractivity contribution is 5.75. The number of carbonyl (C=O) groups is 1. The van der Waals surface area contributed by atoms with Crippen molar-refractivity contribution in [2.75, 3.05) is 0 Å². The Morgan fingerprint density at radius 1 is 1.07 bits per heavy atom. The van der Waals surface area contributed by atoms with E-state index in [0.29, 0.717) is 5.92 Å². The molecule has 0 aliphatic carbocycles. The van der Waals surface area contributed by atoms with E-state index in [-0.39, 0.29) is 11.6 Å². The third-order valence-corrected chi connectivity index (χ3v) is 2.94. The van der Waals surface area contributed by atoms with Gasteiger partial charge in [-0.25, -0.2) is 0 Å². The van der Waals surface area contributed by atoms with Gasteiger partial charge in [-0.1, -0.05) is 13.8 Å². The minimum atomic E-state index is -0.413. The minimum Gasteiger partial charge on any atom is -0.459 e. The van der Waals surface area contributed by atoms with Gasteiger partial charge in [0.05, 0.1) is 5.41 Å². The molecule has 0 atom stereocenters. The highest BCUT2D eigenvalue weighted by Crippen LogP contribution is 2.30. The first-order valence-electron chi connectivity index (χ1n) is 5.88. The lowest BCUT2D eigenvalue weighted by Crippen LogP contribution is -2.39. The molecule has 0 N–H and O–H groups in total. The van der Waals surface area contributed by atoms with Crippen LogP contribution in [0.15, 0.2) is 0 Å². The van der Waals surface area contributed by atoms with Gasteiger partial charge in [-0.05, 0) is 53.4 Å². The predicted molar refractivity (Wildman–Crippen MR) is 63.7 cm³/mol. The molecule has 0 radical (unpaired) electrons. The van der Waals surface area contributed by atoms with Gasteiger partial charge in [-0.15, -0.1) is 0 Å². The van der Waals surface area contributed by atoms with Crippen LogP contribution >= 0.6 is 0 Å². The molecule has 0 saturated carbocycles. The molecule has 0 amide bonds. The first kappa shape index (κ1) is 14.5. The molecule has 2 heteroatoms. The molecule has 2 nitrogen and oxygen atoms in total. The Morgan fingerprint density at radius 2 is 1.47 bits per heavy atom. The van der Waals surface area contributed by atoms with E-state index in [4.69, 9.17) is 4.74 Å². The van der Waals surface area contributed by atoms with Gasteiger partial charge in [0.2, 0.25) is 0 Å². The van der Waals surface area contributed by atoms with Crippen molar-refractivity contribution >= 4 is 5.97 Å². The van der Waals surface area contributed by atoms with E-state index in [9.17, 15) is 4.79 Å². The molecule has 0 unspecified atom stereocenters. The Kier molecular flexibility index (Phi) is 4.82. The summed E-state index contributed by atoms with van der Waals surface area (Å²) in [5, 5.41) is 0. The molecule has 0 aromatic carbocycles. The van der Waals surface area contributed by atoms with Crippen LogP contribution in [-0.4, -0.2) is 11.6 Å². The van der Waals surface area contributed by atoms with E-state index in [1.54, 1.807) is 0 Å². The van der Waals surface area contributed by atoms with Crippen LogP contribution in [0.4, 0.5) is 0 Å². The molecule has 0 aromatic heterocycles. The van der Waals surface area contributed by atoms with Crippen molar-refractivity contribution in [3.63, 3.8) is 0 Å². The molecule has 0 aliphatic rings. The number of rotatable bonds is 4. The third kappa shape index (κ3) is 4.23. The van der Waals surface area contributed by atoms with Gasteiger partial charge in [0.15, 0.2) is 0 Å². The lowest BCUT2D eigenvalue weighted by molar-refractivity contribution is -0.171. The van der Waals surface area contributed by atoms with E-state index in [1.807, 2.05) is 34.6 Å². The summed E-state index contributed by atoms with van der Waals surface area (Å²) in [6, 6.07) is 0. The molecule has 0 aromatic rings. The van der Waals surface area contributed by atoms with Crippen molar-refractivity contribution in [3.8, 4) is 0 Å². The summed E-state index contributed by atoms with van der Waals surface area (Å²) in [4.78, 5) is 11.8. The topological polar surface area (TPSA) is 26.3 Å². The number of hydrogen-bond acceptors (Lipinski definition) is 2. The SMILES string of the molecule is CCC(CC)C(C)(C)OC(=O)C(C)(C)C. The second-order valence-corrected chi connectivity index (χ2v) is 5.76. The quantitative estimate of drug-likeness (QED) is 0.665. The lowest BCUT2D eigenvalue weighted by Gasteiger charge is -2.35. The highest BCUT2D eigenvalue weighted by atomic mass is 16.6. The largest absolute Gasteiger partial charge is 0.459 e. The number of esters is 1. The Hall–Kier alpha value is -0.530. The molecular formula is C13H26O2. The van der Waals surface area contributed by atoms with Gasteiger partial charge in [-0.2, -0.15) is 0 Å². The lowest BCUT2D eigenvalue weighted by atomic mass is 9.85. The summed E-state index contributed by atoms with van der Waals surface area (Å²) in [5.41, 5.74) is -0.767. The Labute approximate surface area is 94.4 Å². The van der Waals surface area contributed by atoms with Gasteiger partial charge >= 0.3 is 5.97 Å². The van der Waals surface area contributed by atoms with Gasteiger partial charge in [0.1, 0.15) is 5.60 Å². The van der Waals surface area contributed by atoms with Crippen LogP contribution in [0.3, 0.4) is 0 Å². The van der Waals surface area contributed by atoms with Crippen LogP contribution in [0.25, 0.3) is 0 Å². The maximum atomic E-state index is 11.8. The molecule has 0 bridgehead atoms. The summed E-state index contributed by atoms with van der Waals surface area (Å²) in [7, 11) is 0. The summed E-state index contributed by atoms with van der Waals surface area (Å²) >= 11 is 0. The average molecular weight is 214 g/mol. The van der Waals surface area contributed by atoms with Crippen LogP contribution in [0.2, 0.25) is 0 Å². The van der Waals surface area contributed by atoms with Crippen LogP contribution < -0.4 is 0 Å². The molecular weight excluding hydrogens is 188 g/mol. The summed E-state index contributed by atoms with van der Waals surface area (Å²) in [6.45, 7) is 14.0. The zero-order valence-electron chi connectivity index (χ0n) is 11.3. The van der Waals surface area contributed by atoms with Crippen molar-refractivity contribution in [1.82, 2.24) is 0 Å². The maximum Gasteiger partial charge on any atom is 0.311 e. The first-order valence-corrected chi connectivity index (χ1v) is 5.88. The standard InChI is InChI=1S/C13H26O2/c1-8-10(9-2)13(6,7)15-11(14)12(3,4)5/h10H,8-9H2,1-7H3. The van der Waals surface area contributed by atoms with E-state index < -0.39 is 5.41 Å². The molecule has 0 saturated heterocycles. The molecule has 0 fully saturated rings. The van der Waals surface area contributed by atoms with Crippen LogP contribution in [0.1, 0.15) is 61.3 Å². The van der Waals surface area contributed by atoms with E-state index in [1.165, 1.54) is 0 Å². The zero-order chi connectivity index (χ0) is 12.3. The van der Waals surface area contributed by atoms with Gasteiger partial charge < -0.3 is 4.74 Å². The second kappa shape index (κ2) is 5.00. The van der Waals surface area contributed by atoms with Crippen LogP contribution in [0, 0.1) is 11.3 Å². The molecule has 0 heterocycles. The number of carbonyl (C=O) groups excluding carboxylic acids is 1. The number of ether oxygens (including phenoxy) is 1. The third-order valence-electron chi connectivity index (χ3n) is 2.94. The average Bonchev–Trinajstić information content (AvgIpc) is 2.02. The summed E-state index contributed by atoms with van der Waals surface area (Å²) in [5.74, 6) is 0.322. The Bertz CT molecular complexity index is 207. The molecule has 0 spiro atoms. The fraction of sp³-hybridized carbons (Fsp3) is 0.923. The van der Waals surface area contributed by atoms with E-state index in [2.05, 4.69) is 13.8 Å². The minimum absolute atomic E-state index is 0.112. The fourth-order valence-corrected chi connectivity index (χ4v) is 1.75. The van der Waals surface area contributed by atoms with Gasteiger partial charge in [-0.3, -0.25) is 4.79 Å². The van der Waals surface area contributed by atoms with Gasteiger partial charge in [0, 0.05) is 0 Å². The van der Waals surface area contributed by atoms with Gasteiger partial charge in [0.25, 0.3) is 0 Å². The molecule has 0 rings (SSSR count). The Morgan fingerprint density at radius 3 is 1.73 bits per heavy atom. The summed E-state index contributed by atoms with van der Waals surface area (Å²) < 4.78 is 5.61. The van der Waals surface area contributed by atoms with E-state index >= 15 is 0 Å². The van der Waals surface area contributed by atoms with Crippen molar-refractivity contribution in [2.24, 2.45) is 11.3 Å². The Balaban J connectivity index is 4.56. The second-order valence-electron chi connectivity index (χ2n) is 5.76.